The maximum absolute atomic E-state index is 12.6. The minimum Gasteiger partial charge on any atom is -0.490 e. The number of aryl methyl sites for hydroxylation is 1. The Morgan fingerprint density at radius 3 is 2.45 bits per heavy atom. The molecule has 0 radical (unpaired) electrons. The van der Waals surface area contributed by atoms with Gasteiger partial charge in [0.15, 0.2) is 23.9 Å². The maximum atomic E-state index is 12.6. The molecule has 7 heteroatoms. The summed E-state index contributed by atoms with van der Waals surface area (Å²) in [5.74, 6) is -0.511. The molecule has 1 aliphatic rings. The third-order valence-electron chi connectivity index (χ3n) is 4.90. The molecule has 0 aromatic heterocycles. The third kappa shape index (κ3) is 5.84. The number of ether oxygens (including phenoxy) is 3. The molecular weight excluding hydrogens is 398 g/mol. The van der Waals surface area contributed by atoms with Crippen molar-refractivity contribution in [2.45, 2.75) is 33.2 Å². The minimum absolute atomic E-state index is 0.214. The van der Waals surface area contributed by atoms with E-state index < -0.39 is 18.6 Å². The van der Waals surface area contributed by atoms with Gasteiger partial charge in [0.05, 0.1) is 13.2 Å². The Labute approximate surface area is 181 Å². The second kappa shape index (κ2) is 10.1. The van der Waals surface area contributed by atoms with Crippen LogP contribution in [0.1, 0.15) is 46.5 Å². The summed E-state index contributed by atoms with van der Waals surface area (Å²) in [6.07, 6.45) is 0.764. The van der Waals surface area contributed by atoms with Crippen LogP contribution in [0.4, 0.5) is 0 Å². The van der Waals surface area contributed by atoms with Crippen molar-refractivity contribution in [3.05, 3.63) is 59.2 Å². The van der Waals surface area contributed by atoms with E-state index in [1.807, 2.05) is 13.0 Å². The van der Waals surface area contributed by atoms with E-state index in [9.17, 15) is 14.4 Å². The van der Waals surface area contributed by atoms with Crippen molar-refractivity contribution in [1.29, 1.82) is 0 Å². The minimum atomic E-state index is -0.871. The van der Waals surface area contributed by atoms with Crippen LogP contribution in [0.25, 0.3) is 0 Å². The average molecular weight is 425 g/mol. The highest BCUT2D eigenvalue weighted by Gasteiger charge is 2.27. The predicted octanol–water partition coefficient (Wildman–Crippen LogP) is 3.34. The second-order valence-electron chi connectivity index (χ2n) is 7.81. The molecule has 0 saturated heterocycles. The van der Waals surface area contributed by atoms with Crippen LogP contribution < -0.4 is 14.8 Å². The van der Waals surface area contributed by atoms with Gasteiger partial charge in [0.25, 0.3) is 5.91 Å². The lowest BCUT2D eigenvalue weighted by atomic mass is 10.0. The van der Waals surface area contributed by atoms with Crippen LogP contribution in [-0.4, -0.2) is 43.5 Å². The zero-order valence-corrected chi connectivity index (χ0v) is 18.0. The van der Waals surface area contributed by atoms with Crippen LogP contribution in [-0.2, 0) is 9.53 Å². The van der Waals surface area contributed by atoms with Crippen molar-refractivity contribution >= 4 is 17.7 Å². The number of Topliss-reactive ketones (excluding diaryl/α,β-unsaturated/α-hetero) is 1. The first-order chi connectivity index (χ1) is 14.8. The number of rotatable bonds is 7. The number of fused-ring (bicyclic) bond motifs is 1. The van der Waals surface area contributed by atoms with Crippen LogP contribution in [0, 0.1) is 12.8 Å². The van der Waals surface area contributed by atoms with Crippen molar-refractivity contribution in [3.8, 4) is 11.5 Å². The quantitative estimate of drug-likeness (QED) is 0.541. The van der Waals surface area contributed by atoms with Gasteiger partial charge in [-0.25, -0.2) is 4.79 Å². The number of carbonyl (C=O) groups excluding carboxylic acids is 3. The van der Waals surface area contributed by atoms with Gasteiger partial charge in [-0.15, -0.1) is 0 Å². The molecule has 0 unspecified atom stereocenters. The highest BCUT2D eigenvalue weighted by Crippen LogP contribution is 2.30. The lowest BCUT2D eigenvalue weighted by molar-refractivity contribution is -0.145. The largest absolute Gasteiger partial charge is 0.490 e. The summed E-state index contributed by atoms with van der Waals surface area (Å²) >= 11 is 0. The van der Waals surface area contributed by atoms with E-state index in [0.717, 1.165) is 12.0 Å². The molecule has 1 amide bonds. The number of hydrogen-bond acceptors (Lipinski definition) is 6. The molecule has 2 aromatic carbocycles. The maximum Gasteiger partial charge on any atom is 0.329 e. The Morgan fingerprint density at radius 2 is 1.74 bits per heavy atom. The Bertz CT molecular complexity index is 968. The number of benzene rings is 2. The zero-order chi connectivity index (χ0) is 22.4. The smallest absolute Gasteiger partial charge is 0.329 e. The molecule has 0 saturated carbocycles. The molecule has 1 heterocycles. The number of amides is 1. The Hall–Kier alpha value is -3.35. The molecule has 7 nitrogen and oxygen atoms in total. The van der Waals surface area contributed by atoms with Gasteiger partial charge in [0.2, 0.25) is 0 Å². The summed E-state index contributed by atoms with van der Waals surface area (Å²) in [6.45, 7) is 6.12. The lowest BCUT2D eigenvalue weighted by Gasteiger charge is -2.21. The Morgan fingerprint density at radius 1 is 1.00 bits per heavy atom. The fourth-order valence-corrected chi connectivity index (χ4v) is 3.16. The van der Waals surface area contributed by atoms with Gasteiger partial charge in [-0.1, -0.05) is 31.5 Å². The fraction of sp³-hybridized carbons (Fsp3) is 0.375. The third-order valence-corrected chi connectivity index (χ3v) is 4.90. The molecule has 1 aliphatic heterocycles. The van der Waals surface area contributed by atoms with Gasteiger partial charge in [0.1, 0.15) is 6.04 Å². The molecule has 0 fully saturated rings. The van der Waals surface area contributed by atoms with Gasteiger partial charge in [0, 0.05) is 17.5 Å². The van der Waals surface area contributed by atoms with Crippen molar-refractivity contribution in [3.63, 3.8) is 0 Å². The fourth-order valence-electron chi connectivity index (χ4n) is 3.16. The first-order valence-electron chi connectivity index (χ1n) is 10.3. The molecule has 3 rings (SSSR count). The van der Waals surface area contributed by atoms with E-state index in [1.165, 1.54) is 0 Å². The molecule has 31 heavy (non-hydrogen) atoms. The molecule has 1 N–H and O–H groups in total. The molecule has 1 atom stereocenters. The van der Waals surface area contributed by atoms with Crippen LogP contribution in [0.3, 0.4) is 0 Å². The zero-order valence-electron chi connectivity index (χ0n) is 18.0. The van der Waals surface area contributed by atoms with Gasteiger partial charge in [-0.05, 0) is 43.2 Å². The summed E-state index contributed by atoms with van der Waals surface area (Å²) in [6, 6.07) is 11.1. The van der Waals surface area contributed by atoms with Crippen LogP contribution in [0.2, 0.25) is 0 Å². The summed E-state index contributed by atoms with van der Waals surface area (Å²) in [5, 5.41) is 2.71. The van der Waals surface area contributed by atoms with Gasteiger partial charge in [-0.3, -0.25) is 9.59 Å². The number of esters is 1. The second-order valence-corrected chi connectivity index (χ2v) is 7.81. The van der Waals surface area contributed by atoms with Gasteiger partial charge >= 0.3 is 5.97 Å². The molecule has 2 aromatic rings. The standard InChI is InChI=1S/C24H27NO6/c1-15(2)22(25-23(27)18-7-4-6-16(3)12-18)24(28)31-14-19(26)17-8-9-20-21(13-17)30-11-5-10-29-20/h4,6-9,12-13,15,22H,5,10-11,14H2,1-3H3,(H,25,27)/t22-/m0/s1. The first-order valence-corrected chi connectivity index (χ1v) is 10.3. The van der Waals surface area contributed by atoms with E-state index in [0.29, 0.717) is 35.8 Å². The van der Waals surface area contributed by atoms with E-state index in [1.54, 1.807) is 50.2 Å². The molecule has 164 valence electrons. The summed E-state index contributed by atoms with van der Waals surface area (Å²) in [7, 11) is 0. The predicted molar refractivity (Wildman–Crippen MR) is 115 cm³/mol. The summed E-state index contributed by atoms with van der Waals surface area (Å²) in [5.41, 5.74) is 1.76. The highest BCUT2D eigenvalue weighted by atomic mass is 16.5. The normalized spacial score (nSPS) is 13.8. The molecular formula is C24H27NO6. The van der Waals surface area contributed by atoms with Gasteiger partial charge in [-0.2, -0.15) is 0 Å². The van der Waals surface area contributed by atoms with Crippen molar-refractivity contribution < 1.29 is 28.6 Å². The highest BCUT2D eigenvalue weighted by molar-refractivity contribution is 6.00. The number of hydrogen-bond donors (Lipinski definition) is 1. The van der Waals surface area contributed by atoms with E-state index >= 15 is 0 Å². The monoisotopic (exact) mass is 425 g/mol. The molecule has 0 aliphatic carbocycles. The van der Waals surface area contributed by atoms with E-state index in [-0.39, 0.29) is 17.6 Å². The van der Waals surface area contributed by atoms with Crippen LogP contribution in [0.5, 0.6) is 11.5 Å². The lowest BCUT2D eigenvalue weighted by Crippen LogP contribution is -2.45. The summed E-state index contributed by atoms with van der Waals surface area (Å²) in [4.78, 5) is 37.7. The van der Waals surface area contributed by atoms with Crippen molar-refractivity contribution in [2.75, 3.05) is 19.8 Å². The van der Waals surface area contributed by atoms with Crippen LogP contribution in [0.15, 0.2) is 42.5 Å². The SMILES string of the molecule is Cc1cccc(C(=O)N[C@H](C(=O)OCC(=O)c2ccc3c(c2)OCCCO3)C(C)C)c1. The summed E-state index contributed by atoms with van der Waals surface area (Å²) < 4.78 is 16.4. The molecule has 0 spiro atoms. The van der Waals surface area contributed by atoms with Gasteiger partial charge < -0.3 is 19.5 Å². The first kappa shape index (κ1) is 22.3. The van der Waals surface area contributed by atoms with E-state index in [4.69, 9.17) is 14.2 Å². The van der Waals surface area contributed by atoms with Crippen molar-refractivity contribution in [1.82, 2.24) is 5.32 Å². The topological polar surface area (TPSA) is 90.9 Å². The van der Waals surface area contributed by atoms with E-state index in [2.05, 4.69) is 5.32 Å². The Kier molecular flexibility index (Phi) is 7.28. The Balaban J connectivity index is 1.61. The average Bonchev–Trinajstić information content (AvgIpc) is 3.00. The number of carbonyl (C=O) groups is 3. The van der Waals surface area contributed by atoms with Crippen LogP contribution >= 0.6 is 0 Å². The molecule has 0 bridgehead atoms. The number of nitrogens with one attached hydrogen (secondary N) is 1. The van der Waals surface area contributed by atoms with Crippen molar-refractivity contribution in [2.24, 2.45) is 5.92 Å². The number of ketones is 1.